The Balaban J connectivity index is 3.26. The number of rotatable bonds is 8. The second kappa shape index (κ2) is 7.24. The number of anilines is 1. The van der Waals surface area contributed by atoms with Gasteiger partial charge >= 0.3 is 5.69 Å². The monoisotopic (exact) mass is 298 g/mol. The molecule has 1 aromatic rings. The maximum Gasteiger partial charge on any atom is 0.333 e. The fourth-order valence-corrected chi connectivity index (χ4v) is 1.89. The van der Waals surface area contributed by atoms with Gasteiger partial charge in [-0.15, -0.1) is 0 Å². The van der Waals surface area contributed by atoms with E-state index < -0.39 is 10.5 Å². The summed E-state index contributed by atoms with van der Waals surface area (Å²) in [6.07, 6.45) is 0.206. The fourth-order valence-electron chi connectivity index (χ4n) is 1.89. The van der Waals surface area contributed by atoms with Gasteiger partial charge in [0.1, 0.15) is 5.69 Å². The molecule has 0 unspecified atom stereocenters. The van der Waals surface area contributed by atoms with Crippen LogP contribution >= 0.6 is 0 Å². The summed E-state index contributed by atoms with van der Waals surface area (Å²) in [4.78, 5) is 10.8. The Hall–Kier alpha value is -1.86. The third-order valence-corrected chi connectivity index (χ3v) is 3.23. The minimum absolute atomic E-state index is 0.154. The summed E-state index contributed by atoms with van der Waals surface area (Å²) < 4.78 is 5.46. The molecule has 118 valence electrons. The summed E-state index contributed by atoms with van der Waals surface area (Å²) in [5, 5.41) is 33.1. The van der Waals surface area contributed by atoms with Gasteiger partial charge in [0.25, 0.3) is 0 Å². The normalized spacial score (nSPS) is 11.5. The first-order valence-electron chi connectivity index (χ1n) is 6.83. The summed E-state index contributed by atoms with van der Waals surface area (Å²) in [6, 6.07) is 4.68. The number of benzene rings is 1. The number of hydrogen-bond acceptors (Lipinski definition) is 6. The smallest absolute Gasteiger partial charge is 0.333 e. The van der Waals surface area contributed by atoms with Crippen LogP contribution in [0.15, 0.2) is 18.2 Å². The minimum atomic E-state index is -1.01. The number of nitro benzene ring substituents is 1. The number of aliphatic hydroxyl groups is 2. The van der Waals surface area contributed by atoms with E-state index in [1.165, 1.54) is 12.1 Å². The Bertz CT molecular complexity index is 478. The molecule has 0 radical (unpaired) electrons. The summed E-state index contributed by atoms with van der Waals surface area (Å²) in [5.41, 5.74) is -1.00. The molecule has 3 N–H and O–H groups in total. The topological polar surface area (TPSA) is 105 Å². The number of ether oxygens (including phenoxy) is 1. The van der Waals surface area contributed by atoms with Gasteiger partial charge in [-0.1, -0.05) is 13.0 Å². The Morgan fingerprint density at radius 3 is 2.43 bits per heavy atom. The largest absolute Gasteiger partial charge is 0.484 e. The standard InChI is InChI=1S/C14H22N2O5/c1-4-14(8-17,9-18)15-11-6-5-7-12(21-10(2)3)13(11)16(19)20/h5-7,10,15,17-18H,4,8-9H2,1-3H3. The molecule has 21 heavy (non-hydrogen) atoms. The molecule has 0 aliphatic heterocycles. The molecule has 7 nitrogen and oxygen atoms in total. The number of para-hydroxylation sites is 1. The number of nitro groups is 1. The van der Waals surface area contributed by atoms with Gasteiger partial charge in [-0.2, -0.15) is 0 Å². The highest BCUT2D eigenvalue weighted by molar-refractivity contribution is 5.69. The van der Waals surface area contributed by atoms with Crippen molar-refractivity contribution in [2.75, 3.05) is 18.5 Å². The predicted molar refractivity (Wildman–Crippen MR) is 79.7 cm³/mol. The Kier molecular flexibility index (Phi) is 5.92. The van der Waals surface area contributed by atoms with Gasteiger partial charge in [0, 0.05) is 0 Å². The van der Waals surface area contributed by atoms with Crippen molar-refractivity contribution in [1.29, 1.82) is 0 Å². The zero-order chi connectivity index (χ0) is 16.0. The summed E-state index contributed by atoms with van der Waals surface area (Å²) >= 11 is 0. The van der Waals surface area contributed by atoms with Crippen molar-refractivity contribution < 1.29 is 19.9 Å². The van der Waals surface area contributed by atoms with E-state index in [9.17, 15) is 20.3 Å². The third-order valence-electron chi connectivity index (χ3n) is 3.23. The van der Waals surface area contributed by atoms with Crippen LogP contribution < -0.4 is 10.1 Å². The lowest BCUT2D eigenvalue weighted by Crippen LogP contribution is -2.45. The lowest BCUT2D eigenvalue weighted by molar-refractivity contribution is -0.385. The zero-order valence-electron chi connectivity index (χ0n) is 12.5. The summed E-state index contributed by atoms with van der Waals surface area (Å²) in [6.45, 7) is 4.65. The van der Waals surface area contributed by atoms with E-state index in [0.717, 1.165) is 0 Å². The van der Waals surface area contributed by atoms with E-state index in [0.29, 0.717) is 6.42 Å². The van der Waals surface area contributed by atoms with Crippen LogP contribution in [0.4, 0.5) is 11.4 Å². The van der Waals surface area contributed by atoms with Crippen LogP contribution in [-0.4, -0.2) is 40.0 Å². The first-order valence-corrected chi connectivity index (χ1v) is 6.83. The van der Waals surface area contributed by atoms with Crippen molar-refractivity contribution in [3.05, 3.63) is 28.3 Å². The van der Waals surface area contributed by atoms with Crippen LogP contribution in [0, 0.1) is 10.1 Å². The highest BCUT2D eigenvalue weighted by Crippen LogP contribution is 2.37. The SMILES string of the molecule is CCC(CO)(CO)Nc1cccc(OC(C)C)c1[N+](=O)[O-]. The average molecular weight is 298 g/mol. The molecule has 0 aliphatic rings. The van der Waals surface area contributed by atoms with E-state index >= 15 is 0 Å². The van der Waals surface area contributed by atoms with Gasteiger partial charge in [-0.3, -0.25) is 10.1 Å². The zero-order valence-corrected chi connectivity index (χ0v) is 12.5. The van der Waals surface area contributed by atoms with Crippen molar-refractivity contribution in [1.82, 2.24) is 0 Å². The van der Waals surface area contributed by atoms with Gasteiger partial charge in [-0.05, 0) is 32.4 Å². The van der Waals surface area contributed by atoms with Gasteiger partial charge in [0.05, 0.1) is 29.8 Å². The van der Waals surface area contributed by atoms with Gasteiger partial charge in [0.2, 0.25) is 0 Å². The van der Waals surface area contributed by atoms with Crippen LogP contribution in [0.3, 0.4) is 0 Å². The Labute approximate surface area is 123 Å². The van der Waals surface area contributed by atoms with Crippen LogP contribution in [0.5, 0.6) is 5.75 Å². The number of hydrogen-bond donors (Lipinski definition) is 3. The number of nitrogens with zero attached hydrogens (tertiary/aromatic N) is 1. The van der Waals surface area contributed by atoms with E-state index in [-0.39, 0.29) is 36.4 Å². The van der Waals surface area contributed by atoms with Gasteiger partial charge in [-0.25, -0.2) is 0 Å². The van der Waals surface area contributed by atoms with Gasteiger partial charge < -0.3 is 20.3 Å². The maximum absolute atomic E-state index is 11.3. The maximum atomic E-state index is 11.3. The third kappa shape index (κ3) is 4.05. The summed E-state index contributed by atoms with van der Waals surface area (Å²) in [5.74, 6) is 0.154. The molecule has 0 spiro atoms. The molecule has 0 saturated heterocycles. The minimum Gasteiger partial charge on any atom is -0.484 e. The molecular formula is C14H22N2O5. The average Bonchev–Trinajstić information content (AvgIpc) is 2.44. The van der Waals surface area contributed by atoms with Crippen LogP contribution in [0.2, 0.25) is 0 Å². The highest BCUT2D eigenvalue weighted by atomic mass is 16.6. The highest BCUT2D eigenvalue weighted by Gasteiger charge is 2.31. The molecule has 0 heterocycles. The van der Waals surface area contributed by atoms with Gasteiger partial charge in [0.15, 0.2) is 5.75 Å². The first-order chi connectivity index (χ1) is 9.89. The van der Waals surface area contributed by atoms with E-state index in [4.69, 9.17) is 4.74 Å². The molecule has 0 fully saturated rings. The second-order valence-corrected chi connectivity index (χ2v) is 5.15. The summed E-state index contributed by atoms with van der Waals surface area (Å²) in [7, 11) is 0. The first kappa shape index (κ1) is 17.2. The van der Waals surface area contributed by atoms with Crippen molar-refractivity contribution in [3.63, 3.8) is 0 Å². The van der Waals surface area contributed by atoms with E-state index in [2.05, 4.69) is 5.32 Å². The fraction of sp³-hybridized carbons (Fsp3) is 0.571. The van der Waals surface area contributed by atoms with Crippen molar-refractivity contribution >= 4 is 11.4 Å². The van der Waals surface area contributed by atoms with E-state index in [1.807, 2.05) is 0 Å². The molecule has 0 atom stereocenters. The Morgan fingerprint density at radius 2 is 2.00 bits per heavy atom. The molecular weight excluding hydrogens is 276 g/mol. The van der Waals surface area contributed by atoms with Crippen molar-refractivity contribution in [3.8, 4) is 5.75 Å². The van der Waals surface area contributed by atoms with Crippen LogP contribution in [0.25, 0.3) is 0 Å². The molecule has 1 rings (SSSR count). The van der Waals surface area contributed by atoms with Crippen LogP contribution in [-0.2, 0) is 0 Å². The Morgan fingerprint density at radius 1 is 1.38 bits per heavy atom. The number of nitrogens with one attached hydrogen (secondary N) is 1. The molecule has 0 saturated carbocycles. The molecule has 0 amide bonds. The lowest BCUT2D eigenvalue weighted by Gasteiger charge is -2.30. The quantitative estimate of drug-likeness (QED) is 0.500. The molecule has 0 aromatic heterocycles. The second-order valence-electron chi connectivity index (χ2n) is 5.15. The molecule has 7 heteroatoms. The molecule has 0 bridgehead atoms. The predicted octanol–water partition coefficient (Wildman–Crippen LogP) is 1.93. The van der Waals surface area contributed by atoms with Crippen LogP contribution in [0.1, 0.15) is 27.2 Å². The van der Waals surface area contributed by atoms with E-state index in [1.54, 1.807) is 26.8 Å². The number of aliphatic hydroxyl groups excluding tert-OH is 2. The van der Waals surface area contributed by atoms with Crippen molar-refractivity contribution in [2.45, 2.75) is 38.8 Å². The lowest BCUT2D eigenvalue weighted by atomic mass is 9.97. The van der Waals surface area contributed by atoms with Crippen molar-refractivity contribution in [2.24, 2.45) is 0 Å². The molecule has 0 aliphatic carbocycles. The molecule has 1 aromatic carbocycles.